The van der Waals surface area contributed by atoms with Gasteiger partial charge >= 0.3 is 0 Å². The smallest absolute Gasteiger partial charge is 0.276 e. The van der Waals surface area contributed by atoms with Crippen LogP contribution in [0, 0.1) is 0 Å². The zero-order valence-electron chi connectivity index (χ0n) is 14.9. The second kappa shape index (κ2) is 8.33. The van der Waals surface area contributed by atoms with Crippen molar-refractivity contribution in [3.05, 3.63) is 41.2 Å². The normalized spacial score (nSPS) is 15.0. The largest absolute Gasteiger partial charge is 0.478 e. The van der Waals surface area contributed by atoms with Gasteiger partial charge in [-0.1, -0.05) is 11.6 Å². The molecular weight excluding hydrogens is 354 g/mol. The van der Waals surface area contributed by atoms with Crippen LogP contribution < -0.4 is 15.0 Å². The fourth-order valence-electron chi connectivity index (χ4n) is 2.68. The summed E-state index contributed by atoms with van der Waals surface area (Å²) in [6, 6.07) is 6.98. The Balaban J connectivity index is 1.67. The van der Waals surface area contributed by atoms with Gasteiger partial charge in [0.1, 0.15) is 5.82 Å². The Morgan fingerprint density at radius 1 is 1.23 bits per heavy atom. The van der Waals surface area contributed by atoms with Crippen LogP contribution in [0.5, 0.6) is 5.88 Å². The van der Waals surface area contributed by atoms with E-state index in [1.807, 2.05) is 19.1 Å². The first-order chi connectivity index (χ1) is 12.6. The topological polar surface area (TPSA) is 70.6 Å². The molecule has 3 rings (SSSR count). The van der Waals surface area contributed by atoms with Gasteiger partial charge in [-0.15, -0.1) is 0 Å². The molecule has 138 valence electrons. The maximum atomic E-state index is 12.5. The number of hydrogen-bond donors (Lipinski definition) is 1. The van der Waals surface area contributed by atoms with E-state index in [2.05, 4.69) is 32.1 Å². The summed E-state index contributed by atoms with van der Waals surface area (Å²) < 4.78 is 5.32. The number of aromatic nitrogens is 2. The molecule has 0 aliphatic carbocycles. The molecule has 0 unspecified atom stereocenters. The fourth-order valence-corrected chi connectivity index (χ4v) is 2.88. The van der Waals surface area contributed by atoms with Gasteiger partial charge < -0.3 is 19.9 Å². The zero-order valence-corrected chi connectivity index (χ0v) is 15.7. The van der Waals surface area contributed by atoms with Gasteiger partial charge in [-0.2, -0.15) is 0 Å². The Kier molecular flexibility index (Phi) is 5.90. The number of ether oxygens (including phenoxy) is 1. The second-order valence-corrected chi connectivity index (χ2v) is 6.47. The van der Waals surface area contributed by atoms with Gasteiger partial charge in [0.05, 0.1) is 23.5 Å². The molecule has 1 aliphatic rings. The number of rotatable bonds is 5. The Bertz CT molecular complexity index is 761. The first-order valence-corrected chi connectivity index (χ1v) is 8.95. The fraction of sp³-hybridized carbons (Fsp3) is 0.389. The van der Waals surface area contributed by atoms with Crippen molar-refractivity contribution in [1.29, 1.82) is 0 Å². The molecule has 0 spiro atoms. The summed E-state index contributed by atoms with van der Waals surface area (Å²) >= 11 is 6.09. The molecule has 1 amide bonds. The molecule has 2 aromatic rings. The maximum Gasteiger partial charge on any atom is 0.276 e. The predicted octanol–water partition coefficient (Wildman–Crippen LogP) is 2.53. The summed E-state index contributed by atoms with van der Waals surface area (Å²) in [5, 5.41) is 3.05. The number of amides is 1. The van der Waals surface area contributed by atoms with Crippen LogP contribution in [-0.4, -0.2) is 60.6 Å². The molecule has 2 aromatic heterocycles. The van der Waals surface area contributed by atoms with E-state index in [0.717, 1.165) is 32.0 Å². The van der Waals surface area contributed by atoms with Crippen LogP contribution in [0.15, 0.2) is 30.5 Å². The highest BCUT2D eigenvalue weighted by Crippen LogP contribution is 2.20. The van der Waals surface area contributed by atoms with E-state index in [9.17, 15) is 4.79 Å². The molecule has 1 saturated heterocycles. The zero-order chi connectivity index (χ0) is 18.5. The first-order valence-electron chi connectivity index (χ1n) is 8.57. The highest BCUT2D eigenvalue weighted by atomic mass is 35.5. The molecule has 26 heavy (non-hydrogen) atoms. The van der Waals surface area contributed by atoms with Crippen molar-refractivity contribution in [3.8, 4) is 5.88 Å². The number of likely N-dealkylation sites (N-methyl/N-ethyl adjacent to an activating group) is 1. The van der Waals surface area contributed by atoms with Crippen LogP contribution in [0.25, 0.3) is 0 Å². The lowest BCUT2D eigenvalue weighted by Gasteiger charge is -2.33. The minimum absolute atomic E-state index is 0.126. The molecule has 1 aliphatic heterocycles. The summed E-state index contributed by atoms with van der Waals surface area (Å²) in [5.41, 5.74) is 0.716. The number of nitrogens with one attached hydrogen (secondary N) is 1. The van der Waals surface area contributed by atoms with Crippen molar-refractivity contribution in [2.45, 2.75) is 6.92 Å². The summed E-state index contributed by atoms with van der Waals surface area (Å²) in [6.45, 7) is 6.23. The third-order valence-electron chi connectivity index (χ3n) is 4.16. The molecule has 7 nitrogen and oxygen atoms in total. The lowest BCUT2D eigenvalue weighted by Crippen LogP contribution is -2.44. The summed E-state index contributed by atoms with van der Waals surface area (Å²) in [4.78, 5) is 25.6. The summed E-state index contributed by atoms with van der Waals surface area (Å²) in [6.07, 6.45) is 1.64. The van der Waals surface area contributed by atoms with Crippen molar-refractivity contribution in [3.63, 3.8) is 0 Å². The van der Waals surface area contributed by atoms with Crippen molar-refractivity contribution >= 4 is 29.0 Å². The van der Waals surface area contributed by atoms with E-state index in [4.69, 9.17) is 16.3 Å². The van der Waals surface area contributed by atoms with Crippen molar-refractivity contribution < 1.29 is 9.53 Å². The molecule has 0 aromatic carbocycles. The Labute approximate surface area is 157 Å². The quantitative estimate of drug-likeness (QED) is 0.866. The summed E-state index contributed by atoms with van der Waals surface area (Å²) in [5.74, 6) is 0.877. The highest BCUT2D eigenvalue weighted by Gasteiger charge is 2.17. The molecule has 0 atom stereocenters. The lowest BCUT2D eigenvalue weighted by molar-refractivity contribution is 0.102. The van der Waals surface area contributed by atoms with E-state index in [-0.39, 0.29) is 10.7 Å². The number of carbonyl (C=O) groups excluding carboxylic acids is 1. The molecule has 0 bridgehead atoms. The van der Waals surface area contributed by atoms with E-state index < -0.39 is 5.91 Å². The van der Waals surface area contributed by atoms with Crippen LogP contribution in [0.2, 0.25) is 5.02 Å². The van der Waals surface area contributed by atoms with Crippen LogP contribution >= 0.6 is 11.6 Å². The van der Waals surface area contributed by atoms with Crippen LogP contribution in [0.3, 0.4) is 0 Å². The van der Waals surface area contributed by atoms with Gasteiger partial charge in [-0.05, 0) is 32.2 Å². The number of carbonyl (C=O) groups is 1. The van der Waals surface area contributed by atoms with Gasteiger partial charge in [-0.3, -0.25) is 4.79 Å². The van der Waals surface area contributed by atoms with Gasteiger partial charge in [0.2, 0.25) is 5.88 Å². The van der Waals surface area contributed by atoms with Gasteiger partial charge in [-0.25, -0.2) is 9.97 Å². The third kappa shape index (κ3) is 4.42. The number of hydrogen-bond acceptors (Lipinski definition) is 6. The van der Waals surface area contributed by atoms with Crippen LogP contribution in [-0.2, 0) is 0 Å². The molecule has 1 fully saturated rings. The third-order valence-corrected chi connectivity index (χ3v) is 4.47. The van der Waals surface area contributed by atoms with E-state index in [1.54, 1.807) is 18.3 Å². The maximum absolute atomic E-state index is 12.5. The predicted molar refractivity (Wildman–Crippen MR) is 102 cm³/mol. The average Bonchev–Trinajstić information content (AvgIpc) is 2.65. The molecule has 8 heteroatoms. The lowest BCUT2D eigenvalue weighted by atomic mass is 10.3. The number of nitrogens with zero attached hydrogens (tertiary/aromatic N) is 4. The standard InChI is InChI=1S/C18H22ClN5O2/c1-3-26-16-7-5-14(19)17(22-16)18(25)21-13-4-6-15(20-12-13)24-10-8-23(2)9-11-24/h4-7,12H,3,8-11H2,1-2H3,(H,21,25). The second-order valence-electron chi connectivity index (χ2n) is 6.06. The Morgan fingerprint density at radius 2 is 2.00 bits per heavy atom. The molecule has 3 heterocycles. The summed E-state index contributed by atoms with van der Waals surface area (Å²) in [7, 11) is 2.11. The number of pyridine rings is 2. The molecule has 0 radical (unpaired) electrons. The first kappa shape index (κ1) is 18.4. The van der Waals surface area contributed by atoms with Gasteiger partial charge in [0, 0.05) is 32.2 Å². The van der Waals surface area contributed by atoms with Crippen molar-refractivity contribution in [2.24, 2.45) is 0 Å². The van der Waals surface area contributed by atoms with Gasteiger partial charge in [0.15, 0.2) is 5.69 Å². The monoisotopic (exact) mass is 375 g/mol. The molecule has 0 saturated carbocycles. The molecule has 1 N–H and O–H groups in total. The van der Waals surface area contributed by atoms with E-state index >= 15 is 0 Å². The van der Waals surface area contributed by atoms with E-state index in [0.29, 0.717) is 18.2 Å². The minimum Gasteiger partial charge on any atom is -0.478 e. The highest BCUT2D eigenvalue weighted by molar-refractivity contribution is 6.34. The van der Waals surface area contributed by atoms with Crippen LogP contribution in [0.1, 0.15) is 17.4 Å². The van der Waals surface area contributed by atoms with Crippen LogP contribution in [0.4, 0.5) is 11.5 Å². The Hall–Kier alpha value is -2.38. The number of anilines is 2. The number of halogens is 1. The molecular formula is C18H22ClN5O2. The van der Waals surface area contributed by atoms with Gasteiger partial charge in [0.25, 0.3) is 5.91 Å². The Morgan fingerprint density at radius 3 is 2.65 bits per heavy atom. The SMILES string of the molecule is CCOc1ccc(Cl)c(C(=O)Nc2ccc(N3CCN(C)CC3)nc2)n1. The van der Waals surface area contributed by atoms with Crippen molar-refractivity contribution in [1.82, 2.24) is 14.9 Å². The average molecular weight is 376 g/mol. The van der Waals surface area contributed by atoms with E-state index in [1.165, 1.54) is 0 Å². The number of piperazine rings is 1. The minimum atomic E-state index is -0.397. The van der Waals surface area contributed by atoms with Crippen molar-refractivity contribution in [2.75, 3.05) is 50.1 Å².